The lowest BCUT2D eigenvalue weighted by Crippen LogP contribution is -2.35. The highest BCUT2D eigenvalue weighted by Crippen LogP contribution is 2.07. The molecule has 5 heteroatoms. The zero-order chi connectivity index (χ0) is 15.9. The van der Waals surface area contributed by atoms with Gasteiger partial charge in [0.05, 0.1) is 5.71 Å². The molecule has 0 aliphatic carbocycles. The van der Waals surface area contributed by atoms with Crippen LogP contribution in [0.1, 0.15) is 19.4 Å². The molecule has 1 amide bonds. The van der Waals surface area contributed by atoms with Crippen molar-refractivity contribution in [2.45, 2.75) is 19.9 Å². The minimum absolute atomic E-state index is 0.245. The number of carbonyl (C=O) groups excluding carboxylic acids is 1. The smallest absolute Gasteiger partial charge is 0.262 e. The monoisotopic (exact) mass is 299 g/mol. The summed E-state index contributed by atoms with van der Waals surface area (Å²) >= 11 is 0. The second kappa shape index (κ2) is 7.36. The van der Waals surface area contributed by atoms with E-state index in [0.29, 0.717) is 5.71 Å². The minimum Gasteiger partial charge on any atom is -0.374 e. The van der Waals surface area contributed by atoms with Crippen LogP contribution in [0.25, 0.3) is 0 Å². The molecule has 2 rings (SSSR count). The lowest BCUT2D eigenvalue weighted by Gasteiger charge is -2.13. The lowest BCUT2D eigenvalue weighted by molar-refractivity contribution is -0.121. The van der Waals surface area contributed by atoms with E-state index in [0.717, 1.165) is 11.3 Å². The number of hydrogen-bond acceptors (Lipinski definition) is 3. The first-order chi connectivity index (χ1) is 10.6. The third-order valence-corrected chi connectivity index (χ3v) is 3.15. The first kappa shape index (κ1) is 15.7. The van der Waals surface area contributed by atoms with Crippen LogP contribution in [-0.2, 0) is 4.79 Å². The van der Waals surface area contributed by atoms with Gasteiger partial charge in [0.25, 0.3) is 5.91 Å². The van der Waals surface area contributed by atoms with E-state index in [9.17, 15) is 9.18 Å². The van der Waals surface area contributed by atoms with Crippen LogP contribution in [0.3, 0.4) is 0 Å². The number of hydrogen-bond donors (Lipinski definition) is 2. The standard InChI is InChI=1S/C17H18FN3O/c1-12(14-8-10-15(18)11-9-14)20-21-17(22)13(2)19-16-6-4-3-5-7-16/h3-11,13,19H,1-2H3,(H,21,22)/b20-12+/t13-/m0/s1. The molecule has 2 aromatic carbocycles. The van der Waals surface area contributed by atoms with E-state index in [1.165, 1.54) is 12.1 Å². The topological polar surface area (TPSA) is 53.5 Å². The van der Waals surface area contributed by atoms with Gasteiger partial charge in [-0.05, 0) is 43.7 Å². The van der Waals surface area contributed by atoms with Gasteiger partial charge in [-0.15, -0.1) is 0 Å². The molecule has 4 nitrogen and oxygen atoms in total. The second-order valence-corrected chi connectivity index (χ2v) is 4.91. The number of benzene rings is 2. The molecule has 0 saturated carbocycles. The summed E-state index contributed by atoms with van der Waals surface area (Å²) in [5.41, 5.74) is 4.74. The van der Waals surface area contributed by atoms with Gasteiger partial charge in [-0.2, -0.15) is 5.10 Å². The van der Waals surface area contributed by atoms with Crippen molar-refractivity contribution in [2.75, 3.05) is 5.32 Å². The number of nitrogens with zero attached hydrogens (tertiary/aromatic N) is 1. The number of rotatable bonds is 5. The first-order valence-electron chi connectivity index (χ1n) is 6.98. The summed E-state index contributed by atoms with van der Waals surface area (Å²) in [5, 5.41) is 7.12. The number of hydrazone groups is 1. The number of para-hydroxylation sites is 1. The fourth-order valence-corrected chi connectivity index (χ4v) is 1.84. The summed E-state index contributed by atoms with van der Waals surface area (Å²) in [5.74, 6) is -0.549. The Bertz CT molecular complexity index is 653. The average Bonchev–Trinajstić information content (AvgIpc) is 2.53. The van der Waals surface area contributed by atoms with Gasteiger partial charge in [-0.25, -0.2) is 9.82 Å². The Balaban J connectivity index is 1.93. The maximum Gasteiger partial charge on any atom is 0.262 e. The Morgan fingerprint density at radius 2 is 1.73 bits per heavy atom. The molecule has 2 aromatic rings. The van der Waals surface area contributed by atoms with Crippen molar-refractivity contribution in [2.24, 2.45) is 5.10 Å². The van der Waals surface area contributed by atoms with Gasteiger partial charge < -0.3 is 5.32 Å². The van der Waals surface area contributed by atoms with E-state index >= 15 is 0 Å². The molecule has 22 heavy (non-hydrogen) atoms. The van der Waals surface area contributed by atoms with Crippen LogP contribution >= 0.6 is 0 Å². The largest absolute Gasteiger partial charge is 0.374 e. The fourth-order valence-electron chi connectivity index (χ4n) is 1.84. The molecule has 0 spiro atoms. The zero-order valence-electron chi connectivity index (χ0n) is 12.5. The van der Waals surface area contributed by atoms with Crippen LogP contribution in [0.4, 0.5) is 10.1 Å². The summed E-state index contributed by atoms with van der Waals surface area (Å²) in [4.78, 5) is 12.0. The van der Waals surface area contributed by atoms with Crippen LogP contribution in [0.2, 0.25) is 0 Å². The van der Waals surface area contributed by atoms with E-state index in [4.69, 9.17) is 0 Å². The van der Waals surface area contributed by atoms with Crippen molar-refractivity contribution in [1.29, 1.82) is 0 Å². The van der Waals surface area contributed by atoms with E-state index < -0.39 is 6.04 Å². The third kappa shape index (κ3) is 4.41. The molecule has 0 bridgehead atoms. The van der Waals surface area contributed by atoms with E-state index in [1.807, 2.05) is 30.3 Å². The van der Waals surface area contributed by atoms with Crippen molar-refractivity contribution in [3.8, 4) is 0 Å². The molecule has 0 saturated heterocycles. The zero-order valence-corrected chi connectivity index (χ0v) is 12.5. The van der Waals surface area contributed by atoms with Crippen molar-refractivity contribution < 1.29 is 9.18 Å². The molecule has 0 fully saturated rings. The second-order valence-electron chi connectivity index (χ2n) is 4.91. The van der Waals surface area contributed by atoms with Crippen molar-refractivity contribution in [1.82, 2.24) is 5.43 Å². The summed E-state index contributed by atoms with van der Waals surface area (Å²) < 4.78 is 12.9. The molecule has 0 aliphatic heterocycles. The summed E-state index contributed by atoms with van der Waals surface area (Å²) in [7, 11) is 0. The molecule has 0 heterocycles. The Labute approximate surface area is 129 Å². The van der Waals surface area contributed by atoms with Gasteiger partial charge in [0.15, 0.2) is 0 Å². The maximum atomic E-state index is 12.9. The van der Waals surface area contributed by atoms with Gasteiger partial charge in [-0.1, -0.05) is 30.3 Å². The summed E-state index contributed by atoms with van der Waals surface area (Å²) in [6, 6.07) is 15.0. The van der Waals surface area contributed by atoms with Gasteiger partial charge >= 0.3 is 0 Å². The van der Waals surface area contributed by atoms with Crippen molar-refractivity contribution in [3.63, 3.8) is 0 Å². The molecule has 0 unspecified atom stereocenters. The first-order valence-corrected chi connectivity index (χ1v) is 6.98. The molecule has 0 aliphatic rings. The number of halogens is 1. The molecule has 0 aromatic heterocycles. The Morgan fingerprint density at radius 1 is 1.09 bits per heavy atom. The Kier molecular flexibility index (Phi) is 5.25. The van der Waals surface area contributed by atoms with Crippen molar-refractivity contribution >= 4 is 17.3 Å². The number of anilines is 1. The highest BCUT2D eigenvalue weighted by atomic mass is 19.1. The van der Waals surface area contributed by atoms with E-state index in [-0.39, 0.29) is 11.7 Å². The van der Waals surface area contributed by atoms with Crippen LogP contribution in [0.15, 0.2) is 59.7 Å². The predicted molar refractivity (Wildman–Crippen MR) is 86.3 cm³/mol. The number of carbonyl (C=O) groups is 1. The Morgan fingerprint density at radius 3 is 2.36 bits per heavy atom. The molecule has 114 valence electrons. The normalized spacial score (nSPS) is 12.6. The van der Waals surface area contributed by atoms with Crippen LogP contribution in [0.5, 0.6) is 0 Å². The van der Waals surface area contributed by atoms with Gasteiger partial charge in [0.1, 0.15) is 11.9 Å². The van der Waals surface area contributed by atoms with Crippen molar-refractivity contribution in [3.05, 3.63) is 66.0 Å². The van der Waals surface area contributed by atoms with E-state index in [1.54, 1.807) is 26.0 Å². The van der Waals surface area contributed by atoms with Gasteiger partial charge in [0.2, 0.25) is 0 Å². The van der Waals surface area contributed by atoms with Crippen LogP contribution in [-0.4, -0.2) is 17.7 Å². The molecule has 2 N–H and O–H groups in total. The average molecular weight is 299 g/mol. The maximum absolute atomic E-state index is 12.9. The lowest BCUT2D eigenvalue weighted by atomic mass is 10.1. The highest BCUT2D eigenvalue weighted by Gasteiger charge is 2.11. The fraction of sp³-hybridized carbons (Fsp3) is 0.176. The van der Waals surface area contributed by atoms with Crippen LogP contribution < -0.4 is 10.7 Å². The summed E-state index contributed by atoms with van der Waals surface area (Å²) in [6.45, 7) is 3.51. The molecular weight excluding hydrogens is 281 g/mol. The van der Waals surface area contributed by atoms with Gasteiger partial charge in [0, 0.05) is 5.69 Å². The SMILES string of the molecule is C/C(=N\NC(=O)[C@H](C)Nc1ccccc1)c1ccc(F)cc1. The Hall–Kier alpha value is -2.69. The van der Waals surface area contributed by atoms with E-state index in [2.05, 4.69) is 15.8 Å². The van der Waals surface area contributed by atoms with Crippen LogP contribution in [0, 0.1) is 5.82 Å². The third-order valence-electron chi connectivity index (χ3n) is 3.15. The predicted octanol–water partition coefficient (Wildman–Crippen LogP) is 3.17. The quantitative estimate of drug-likeness (QED) is 0.658. The minimum atomic E-state index is -0.424. The number of amides is 1. The number of nitrogens with one attached hydrogen (secondary N) is 2. The molecule has 1 atom stereocenters. The molecular formula is C17H18FN3O. The van der Waals surface area contributed by atoms with Gasteiger partial charge in [-0.3, -0.25) is 4.79 Å². The molecule has 0 radical (unpaired) electrons. The highest BCUT2D eigenvalue weighted by molar-refractivity contribution is 5.99. The summed E-state index contributed by atoms with van der Waals surface area (Å²) in [6.07, 6.45) is 0.